The van der Waals surface area contributed by atoms with Gasteiger partial charge >= 0.3 is 6.09 Å². The number of halogens is 1. The number of hydrogen-bond donors (Lipinski definition) is 3. The number of aromatic hydroxyl groups is 1. The third kappa shape index (κ3) is 5.43. The Hall–Kier alpha value is -2.13. The number of carbonyl (C=O) groups is 2. The minimum atomic E-state index is -0.910. The number of ether oxygens (including phenoxy) is 1. The van der Waals surface area contributed by atoms with Gasteiger partial charge in [0.15, 0.2) is 0 Å². The van der Waals surface area contributed by atoms with Gasteiger partial charge in [-0.15, -0.1) is 0 Å². The molecular formula is C19H20INO5. The van der Waals surface area contributed by atoms with Crippen LogP contribution in [0.3, 0.4) is 0 Å². The molecular weight excluding hydrogens is 449 g/mol. The highest BCUT2D eigenvalue weighted by Gasteiger charge is 2.27. The van der Waals surface area contributed by atoms with Gasteiger partial charge in [0.1, 0.15) is 11.9 Å². The molecule has 2 amide bonds. The van der Waals surface area contributed by atoms with Gasteiger partial charge in [0, 0.05) is 21.3 Å². The summed E-state index contributed by atoms with van der Waals surface area (Å²) in [7, 11) is 0. The molecule has 2 aromatic carbocycles. The number of hydrogen-bond acceptors (Lipinski definition) is 5. The Morgan fingerprint density at radius 3 is 2.54 bits per heavy atom. The van der Waals surface area contributed by atoms with Gasteiger partial charge in [-0.25, -0.2) is 4.79 Å². The zero-order chi connectivity index (χ0) is 19.1. The zero-order valence-corrected chi connectivity index (χ0v) is 16.3. The fourth-order valence-corrected chi connectivity index (χ4v) is 3.01. The summed E-state index contributed by atoms with van der Waals surface area (Å²) in [5.74, 6) is -0.847. The summed E-state index contributed by atoms with van der Waals surface area (Å²) in [6, 6.07) is 13.3. The quantitative estimate of drug-likeness (QED) is 0.562. The molecule has 7 heteroatoms. The van der Waals surface area contributed by atoms with Crippen LogP contribution in [0.2, 0.25) is 0 Å². The number of nitrogens with one attached hydrogen (secondary N) is 1. The smallest absolute Gasteiger partial charge is 0.414 e. The number of imide groups is 1. The molecule has 0 aromatic heterocycles. The van der Waals surface area contributed by atoms with Gasteiger partial charge in [0.05, 0.1) is 0 Å². The number of phenolic OH excluding ortho intramolecular Hbond substituents is 1. The number of aliphatic hydroxyl groups is 1. The maximum Gasteiger partial charge on any atom is 0.414 e. The molecule has 0 aliphatic carbocycles. The second-order valence-electron chi connectivity index (χ2n) is 5.84. The maximum atomic E-state index is 12.2. The van der Waals surface area contributed by atoms with Gasteiger partial charge in [0.2, 0.25) is 0 Å². The van der Waals surface area contributed by atoms with E-state index in [0.29, 0.717) is 17.5 Å². The third-order valence-electron chi connectivity index (χ3n) is 3.88. The monoisotopic (exact) mass is 469 g/mol. The first-order valence-electron chi connectivity index (χ1n) is 8.08. The predicted octanol–water partition coefficient (Wildman–Crippen LogP) is 3.62. The lowest BCUT2D eigenvalue weighted by molar-refractivity contribution is 0.0533. The molecule has 0 saturated heterocycles. The van der Waals surface area contributed by atoms with Crippen LogP contribution >= 0.6 is 22.6 Å². The van der Waals surface area contributed by atoms with Crippen LogP contribution in [0.5, 0.6) is 5.75 Å². The molecule has 26 heavy (non-hydrogen) atoms. The number of phenols is 1. The van der Waals surface area contributed by atoms with Crippen LogP contribution in [0.1, 0.15) is 35.4 Å². The van der Waals surface area contributed by atoms with E-state index in [2.05, 4.69) is 27.9 Å². The summed E-state index contributed by atoms with van der Waals surface area (Å²) < 4.78 is 6.30. The van der Waals surface area contributed by atoms with Crippen molar-refractivity contribution in [3.8, 4) is 5.75 Å². The number of amides is 2. The summed E-state index contributed by atoms with van der Waals surface area (Å²) >= 11 is 2.09. The molecule has 0 saturated carbocycles. The second kappa shape index (κ2) is 9.54. The second-order valence-corrected chi connectivity index (χ2v) is 7.08. The average Bonchev–Trinajstić information content (AvgIpc) is 2.62. The molecule has 3 N–H and O–H groups in total. The Balaban J connectivity index is 2.17. The van der Waals surface area contributed by atoms with Crippen LogP contribution in [0, 0.1) is 9.49 Å². The minimum Gasteiger partial charge on any atom is -0.508 e. The first kappa shape index (κ1) is 20.2. The zero-order valence-electron chi connectivity index (χ0n) is 14.2. The van der Waals surface area contributed by atoms with E-state index in [1.54, 1.807) is 49.4 Å². The van der Waals surface area contributed by atoms with E-state index in [9.17, 15) is 19.8 Å². The van der Waals surface area contributed by atoms with Crippen molar-refractivity contribution in [2.45, 2.75) is 19.4 Å². The molecule has 2 aromatic rings. The van der Waals surface area contributed by atoms with Gasteiger partial charge in [-0.3, -0.25) is 10.1 Å². The summed E-state index contributed by atoms with van der Waals surface area (Å²) in [5, 5.41) is 21.5. The third-order valence-corrected chi connectivity index (χ3v) is 4.55. The fraction of sp³-hybridized carbons (Fsp3) is 0.263. The number of aliphatic hydroxyl groups excluding tert-OH is 1. The molecule has 6 nitrogen and oxygen atoms in total. The van der Waals surface area contributed by atoms with Gasteiger partial charge in [0.25, 0.3) is 5.91 Å². The lowest BCUT2D eigenvalue weighted by atomic mass is 9.94. The predicted molar refractivity (Wildman–Crippen MR) is 105 cm³/mol. The summed E-state index contributed by atoms with van der Waals surface area (Å²) in [5.41, 5.74) is 0.765. The van der Waals surface area contributed by atoms with Crippen molar-refractivity contribution < 1.29 is 24.5 Å². The Bertz CT molecular complexity index is 766. The Kier molecular flexibility index (Phi) is 7.40. The molecule has 0 unspecified atom stereocenters. The lowest BCUT2D eigenvalue weighted by Gasteiger charge is -2.25. The summed E-state index contributed by atoms with van der Waals surface area (Å²) in [6.45, 7) is 1.71. The van der Waals surface area contributed by atoms with Gasteiger partial charge < -0.3 is 14.9 Å². The number of carbonyl (C=O) groups excluding carboxylic acids is 2. The molecule has 0 radical (unpaired) electrons. The lowest BCUT2D eigenvalue weighted by Crippen LogP contribution is -2.33. The molecule has 0 aliphatic heterocycles. The Labute approximate surface area is 165 Å². The van der Waals surface area contributed by atoms with Crippen molar-refractivity contribution in [2.24, 2.45) is 5.92 Å². The van der Waals surface area contributed by atoms with E-state index in [1.807, 2.05) is 0 Å². The van der Waals surface area contributed by atoms with E-state index in [-0.39, 0.29) is 18.3 Å². The first-order chi connectivity index (χ1) is 12.4. The molecule has 0 spiro atoms. The van der Waals surface area contributed by atoms with Crippen molar-refractivity contribution in [3.63, 3.8) is 0 Å². The largest absolute Gasteiger partial charge is 0.508 e. The fourth-order valence-electron chi connectivity index (χ4n) is 2.49. The van der Waals surface area contributed by atoms with Gasteiger partial charge in [-0.2, -0.15) is 0 Å². The molecule has 0 aliphatic rings. The number of benzene rings is 2. The average molecular weight is 469 g/mol. The van der Waals surface area contributed by atoms with Crippen LogP contribution in [0.15, 0.2) is 48.5 Å². The van der Waals surface area contributed by atoms with Crippen molar-refractivity contribution in [3.05, 3.63) is 63.2 Å². The Morgan fingerprint density at radius 1 is 1.19 bits per heavy atom. The molecule has 0 bridgehead atoms. The number of rotatable bonds is 6. The molecule has 0 fully saturated rings. The summed E-state index contributed by atoms with van der Waals surface area (Å²) in [4.78, 5) is 24.3. The molecule has 2 atom stereocenters. The van der Waals surface area contributed by atoms with Crippen LogP contribution < -0.4 is 5.32 Å². The normalized spacial score (nSPS) is 12.9. The highest BCUT2D eigenvalue weighted by molar-refractivity contribution is 14.1. The first-order valence-corrected chi connectivity index (χ1v) is 9.16. The van der Waals surface area contributed by atoms with Crippen molar-refractivity contribution in [1.29, 1.82) is 0 Å². The maximum absolute atomic E-state index is 12.2. The van der Waals surface area contributed by atoms with E-state index in [4.69, 9.17) is 4.74 Å². The van der Waals surface area contributed by atoms with E-state index in [1.165, 1.54) is 6.07 Å². The Morgan fingerprint density at radius 2 is 1.88 bits per heavy atom. The van der Waals surface area contributed by atoms with E-state index >= 15 is 0 Å². The standard InChI is InChI=1S/C19H20INO5/c1-12(9-10-22)17(15-11-14(20)7-8-16(15)23)26-19(25)21-18(24)13-5-3-2-4-6-13/h2-8,11-12,17,22-23H,9-10H2,1H3,(H,21,24,25)/t12-,17+/m0/s1. The molecule has 0 heterocycles. The van der Waals surface area contributed by atoms with Crippen LogP contribution in [0.25, 0.3) is 0 Å². The minimum absolute atomic E-state index is 0.0117. The van der Waals surface area contributed by atoms with Crippen LogP contribution in [-0.2, 0) is 4.74 Å². The topological polar surface area (TPSA) is 95.9 Å². The number of alkyl carbamates (subject to hydrolysis) is 1. The van der Waals surface area contributed by atoms with E-state index in [0.717, 1.165) is 3.57 Å². The summed E-state index contributed by atoms with van der Waals surface area (Å²) in [6.07, 6.45) is -1.34. The highest BCUT2D eigenvalue weighted by Crippen LogP contribution is 2.35. The van der Waals surface area contributed by atoms with Crippen molar-refractivity contribution in [1.82, 2.24) is 5.32 Å². The molecule has 2 rings (SSSR count). The SMILES string of the molecule is C[C@@H](CCO)[C@@H](OC(=O)NC(=O)c1ccccc1)c1cc(I)ccc1O. The highest BCUT2D eigenvalue weighted by atomic mass is 127. The van der Waals surface area contributed by atoms with Crippen molar-refractivity contribution in [2.75, 3.05) is 6.61 Å². The van der Waals surface area contributed by atoms with Crippen LogP contribution in [0.4, 0.5) is 4.79 Å². The molecule has 138 valence electrons. The van der Waals surface area contributed by atoms with Gasteiger partial charge in [-0.05, 0) is 65.3 Å². The van der Waals surface area contributed by atoms with Crippen molar-refractivity contribution >= 4 is 34.6 Å². The van der Waals surface area contributed by atoms with E-state index < -0.39 is 18.1 Å². The van der Waals surface area contributed by atoms with Gasteiger partial charge in [-0.1, -0.05) is 25.1 Å². The van der Waals surface area contributed by atoms with Crippen LogP contribution in [-0.4, -0.2) is 28.8 Å².